The van der Waals surface area contributed by atoms with Crippen LogP contribution in [-0.2, 0) is 17.6 Å². The molecule has 0 radical (unpaired) electrons. The van der Waals surface area contributed by atoms with E-state index in [9.17, 15) is 4.79 Å². The van der Waals surface area contributed by atoms with Crippen LogP contribution >= 0.6 is 0 Å². The maximum Gasteiger partial charge on any atom is 0.262 e. The first-order valence-electron chi connectivity index (χ1n) is 8.46. The average Bonchev–Trinajstić information content (AvgIpc) is 2.66. The molecule has 1 aliphatic carbocycles. The van der Waals surface area contributed by atoms with Crippen LogP contribution in [-0.4, -0.2) is 26.7 Å². The molecule has 25 heavy (non-hydrogen) atoms. The number of hydrogen-bond donors (Lipinski definition) is 1. The van der Waals surface area contributed by atoms with E-state index < -0.39 is 0 Å². The summed E-state index contributed by atoms with van der Waals surface area (Å²) in [6.07, 6.45) is 4.48. The first-order chi connectivity index (χ1) is 12.2. The normalized spacial score (nSPS) is 12.9. The molecule has 132 valence electrons. The van der Waals surface area contributed by atoms with Gasteiger partial charge in [-0.3, -0.25) is 4.79 Å². The van der Waals surface area contributed by atoms with E-state index in [0.29, 0.717) is 17.2 Å². The monoisotopic (exact) mass is 341 g/mol. The summed E-state index contributed by atoms with van der Waals surface area (Å²) >= 11 is 0. The number of aryl methyl sites for hydroxylation is 1. The van der Waals surface area contributed by atoms with Gasteiger partial charge < -0.3 is 19.5 Å². The molecule has 2 aromatic rings. The number of nitrogens with one attached hydrogen (secondary N) is 1. The van der Waals surface area contributed by atoms with Crippen molar-refractivity contribution >= 4 is 11.6 Å². The van der Waals surface area contributed by atoms with Gasteiger partial charge in [-0.2, -0.15) is 0 Å². The van der Waals surface area contributed by atoms with E-state index in [1.165, 1.54) is 24.0 Å². The molecule has 0 saturated heterocycles. The molecule has 1 amide bonds. The topological polar surface area (TPSA) is 56.8 Å². The van der Waals surface area contributed by atoms with Gasteiger partial charge in [0.05, 0.1) is 19.9 Å². The number of fused-ring (bicyclic) bond motifs is 1. The molecule has 1 aliphatic rings. The molecule has 3 rings (SSSR count). The number of amides is 1. The van der Waals surface area contributed by atoms with Crippen LogP contribution in [0.15, 0.2) is 36.4 Å². The lowest BCUT2D eigenvalue weighted by molar-refractivity contribution is -0.118. The number of methoxy groups -OCH3 is 2. The third kappa shape index (κ3) is 4.05. The molecule has 0 aromatic heterocycles. The van der Waals surface area contributed by atoms with Crippen molar-refractivity contribution in [3.63, 3.8) is 0 Å². The quantitative estimate of drug-likeness (QED) is 0.872. The molecule has 0 aliphatic heterocycles. The Bertz CT molecular complexity index is 757. The molecule has 5 nitrogen and oxygen atoms in total. The van der Waals surface area contributed by atoms with Gasteiger partial charge in [0.25, 0.3) is 5.91 Å². The maximum atomic E-state index is 12.3. The lowest BCUT2D eigenvalue weighted by atomic mass is 9.91. The minimum Gasteiger partial charge on any atom is -0.497 e. The van der Waals surface area contributed by atoms with E-state index in [1.54, 1.807) is 32.4 Å². The van der Waals surface area contributed by atoms with Crippen molar-refractivity contribution in [1.29, 1.82) is 0 Å². The van der Waals surface area contributed by atoms with Gasteiger partial charge in [-0.15, -0.1) is 0 Å². The van der Waals surface area contributed by atoms with E-state index in [-0.39, 0.29) is 12.5 Å². The highest BCUT2D eigenvalue weighted by Gasteiger charge is 2.15. The second-order valence-electron chi connectivity index (χ2n) is 6.00. The Balaban J connectivity index is 1.66. The summed E-state index contributed by atoms with van der Waals surface area (Å²) in [7, 11) is 3.14. The zero-order chi connectivity index (χ0) is 17.6. The Labute approximate surface area is 147 Å². The van der Waals surface area contributed by atoms with Gasteiger partial charge >= 0.3 is 0 Å². The first-order valence-corrected chi connectivity index (χ1v) is 8.46. The van der Waals surface area contributed by atoms with Gasteiger partial charge in [0, 0.05) is 6.07 Å². The Morgan fingerprint density at radius 3 is 2.68 bits per heavy atom. The summed E-state index contributed by atoms with van der Waals surface area (Å²) in [5.41, 5.74) is 3.13. The third-order valence-corrected chi connectivity index (χ3v) is 4.39. The fraction of sp³-hybridized carbons (Fsp3) is 0.350. The number of carbonyl (C=O) groups is 1. The highest BCUT2D eigenvalue weighted by Crippen LogP contribution is 2.30. The molecule has 0 fully saturated rings. The maximum absolute atomic E-state index is 12.3. The average molecular weight is 341 g/mol. The van der Waals surface area contributed by atoms with Crippen LogP contribution < -0.4 is 19.5 Å². The van der Waals surface area contributed by atoms with Crippen molar-refractivity contribution in [1.82, 2.24) is 0 Å². The van der Waals surface area contributed by atoms with Gasteiger partial charge in [-0.05, 0) is 55.0 Å². The smallest absolute Gasteiger partial charge is 0.262 e. The Morgan fingerprint density at radius 2 is 1.88 bits per heavy atom. The molecule has 0 heterocycles. The van der Waals surface area contributed by atoms with E-state index >= 15 is 0 Å². The van der Waals surface area contributed by atoms with Crippen molar-refractivity contribution in [2.45, 2.75) is 25.7 Å². The number of benzene rings is 2. The molecule has 0 unspecified atom stereocenters. The lowest BCUT2D eigenvalue weighted by Crippen LogP contribution is -2.21. The summed E-state index contributed by atoms with van der Waals surface area (Å²) in [5.74, 6) is 1.80. The molecule has 5 heteroatoms. The number of hydrogen-bond acceptors (Lipinski definition) is 4. The number of anilines is 1. The van der Waals surface area contributed by atoms with Crippen molar-refractivity contribution in [2.24, 2.45) is 0 Å². The van der Waals surface area contributed by atoms with Crippen LogP contribution in [0.4, 0.5) is 5.69 Å². The van der Waals surface area contributed by atoms with Gasteiger partial charge in [0.15, 0.2) is 6.61 Å². The zero-order valence-corrected chi connectivity index (χ0v) is 14.6. The molecular formula is C20H23NO4. The predicted molar refractivity (Wildman–Crippen MR) is 96.8 cm³/mol. The van der Waals surface area contributed by atoms with E-state index in [2.05, 4.69) is 11.4 Å². The molecule has 1 N–H and O–H groups in total. The standard InChI is InChI=1S/C20H23NO4/c1-23-15-10-11-19(24-2)17(12-15)21-20(22)13-25-18-9-5-7-14-6-3-4-8-16(14)18/h5,7,9-12H,3-4,6,8,13H2,1-2H3,(H,21,22). The van der Waals surface area contributed by atoms with Crippen LogP contribution in [0.2, 0.25) is 0 Å². The molecular weight excluding hydrogens is 318 g/mol. The number of carbonyl (C=O) groups excluding carboxylic acids is 1. The molecule has 0 saturated carbocycles. The SMILES string of the molecule is COc1ccc(OC)c(NC(=O)COc2cccc3c2CCCC3)c1. The van der Waals surface area contributed by atoms with Crippen LogP contribution in [0.25, 0.3) is 0 Å². The summed E-state index contributed by atoms with van der Waals surface area (Å²) in [6.45, 7) is -0.0448. The fourth-order valence-corrected chi connectivity index (χ4v) is 3.12. The highest BCUT2D eigenvalue weighted by molar-refractivity contribution is 5.93. The zero-order valence-electron chi connectivity index (χ0n) is 14.6. The summed E-state index contributed by atoms with van der Waals surface area (Å²) in [5, 5.41) is 2.82. The first kappa shape index (κ1) is 17.1. The van der Waals surface area contributed by atoms with Crippen LogP contribution in [0.1, 0.15) is 24.0 Å². The van der Waals surface area contributed by atoms with E-state index in [0.717, 1.165) is 18.6 Å². The molecule has 0 spiro atoms. The summed E-state index contributed by atoms with van der Waals surface area (Å²) in [4.78, 5) is 12.3. The van der Waals surface area contributed by atoms with Crippen molar-refractivity contribution in [2.75, 3.05) is 26.1 Å². The third-order valence-electron chi connectivity index (χ3n) is 4.39. The Kier molecular flexibility index (Phi) is 5.43. The largest absolute Gasteiger partial charge is 0.497 e. The number of ether oxygens (including phenoxy) is 3. The molecule has 0 atom stereocenters. The van der Waals surface area contributed by atoms with Crippen molar-refractivity contribution < 1.29 is 19.0 Å². The van der Waals surface area contributed by atoms with Crippen molar-refractivity contribution in [3.05, 3.63) is 47.5 Å². The van der Waals surface area contributed by atoms with E-state index in [1.807, 2.05) is 12.1 Å². The number of rotatable bonds is 6. The van der Waals surface area contributed by atoms with E-state index in [4.69, 9.17) is 14.2 Å². The second-order valence-corrected chi connectivity index (χ2v) is 6.00. The highest BCUT2D eigenvalue weighted by atomic mass is 16.5. The predicted octanol–water partition coefficient (Wildman–Crippen LogP) is 3.60. The van der Waals surface area contributed by atoms with Crippen LogP contribution in [0, 0.1) is 0 Å². The fourth-order valence-electron chi connectivity index (χ4n) is 3.12. The van der Waals surface area contributed by atoms with Gasteiger partial charge in [-0.25, -0.2) is 0 Å². The Morgan fingerprint density at radius 1 is 1.04 bits per heavy atom. The van der Waals surface area contributed by atoms with Crippen LogP contribution in [0.5, 0.6) is 17.2 Å². The van der Waals surface area contributed by atoms with Crippen LogP contribution in [0.3, 0.4) is 0 Å². The summed E-state index contributed by atoms with van der Waals surface area (Å²) < 4.78 is 16.2. The lowest BCUT2D eigenvalue weighted by Gasteiger charge is -2.19. The van der Waals surface area contributed by atoms with Gasteiger partial charge in [0.1, 0.15) is 17.2 Å². The van der Waals surface area contributed by atoms with Gasteiger partial charge in [-0.1, -0.05) is 12.1 Å². The summed E-state index contributed by atoms with van der Waals surface area (Å²) in [6, 6.07) is 11.3. The minimum atomic E-state index is -0.236. The minimum absolute atomic E-state index is 0.0448. The molecule has 0 bridgehead atoms. The Hall–Kier alpha value is -2.69. The van der Waals surface area contributed by atoms with Crippen molar-refractivity contribution in [3.8, 4) is 17.2 Å². The van der Waals surface area contributed by atoms with Gasteiger partial charge in [0.2, 0.25) is 0 Å². The molecule has 2 aromatic carbocycles. The second kappa shape index (κ2) is 7.92.